The molecule has 0 radical (unpaired) electrons. The SMILES string of the molecule is CCCCCCCCCCCCCCCCCCCCCCCC(=O)NC(COP(=O)(O)OCC(O)COC(C)=O)C(=O)O. The molecule has 0 rings (SSSR count). The molecular weight excluding hydrogens is 589 g/mol. The van der Waals surface area contributed by atoms with Crippen LogP contribution in [0, 0.1) is 0 Å². The Balaban J connectivity index is 3.70. The Labute approximate surface area is 265 Å². The van der Waals surface area contributed by atoms with Crippen molar-refractivity contribution in [2.75, 3.05) is 19.8 Å². The largest absolute Gasteiger partial charge is 0.480 e. The maximum Gasteiger partial charge on any atom is 0.472 e. The maximum atomic E-state index is 12.2. The lowest BCUT2D eigenvalue weighted by molar-refractivity contribution is -0.144. The van der Waals surface area contributed by atoms with Gasteiger partial charge in [-0.15, -0.1) is 0 Å². The van der Waals surface area contributed by atoms with E-state index in [1.165, 1.54) is 109 Å². The number of aliphatic carboxylic acids is 1. The number of hydrogen-bond donors (Lipinski definition) is 4. The number of esters is 1. The molecule has 0 fully saturated rings. The van der Waals surface area contributed by atoms with Crippen molar-refractivity contribution in [1.82, 2.24) is 5.32 Å². The zero-order valence-corrected chi connectivity index (χ0v) is 28.4. The second-order valence-electron chi connectivity index (χ2n) is 11.8. The minimum atomic E-state index is -4.71. The molecule has 4 N–H and O–H groups in total. The van der Waals surface area contributed by atoms with Crippen molar-refractivity contribution in [2.45, 2.75) is 167 Å². The highest BCUT2D eigenvalue weighted by Crippen LogP contribution is 2.43. The molecule has 3 atom stereocenters. The lowest BCUT2D eigenvalue weighted by Crippen LogP contribution is -2.43. The molecule has 11 nitrogen and oxygen atoms in total. The van der Waals surface area contributed by atoms with E-state index < -0.39 is 57.6 Å². The second-order valence-corrected chi connectivity index (χ2v) is 13.2. The average molecular weight is 652 g/mol. The van der Waals surface area contributed by atoms with Crippen LogP contribution in [0.3, 0.4) is 0 Å². The first kappa shape index (κ1) is 42.5. The van der Waals surface area contributed by atoms with Crippen molar-refractivity contribution < 1.29 is 47.8 Å². The van der Waals surface area contributed by atoms with Crippen molar-refractivity contribution in [3.8, 4) is 0 Å². The smallest absolute Gasteiger partial charge is 0.472 e. The molecule has 260 valence electrons. The van der Waals surface area contributed by atoms with E-state index in [0.29, 0.717) is 6.42 Å². The van der Waals surface area contributed by atoms with Gasteiger partial charge in [-0.25, -0.2) is 9.36 Å². The van der Waals surface area contributed by atoms with E-state index >= 15 is 0 Å². The third-order valence-corrected chi connectivity index (χ3v) is 8.40. The Bertz CT molecular complexity index is 782. The predicted molar refractivity (Wildman–Crippen MR) is 171 cm³/mol. The Hall–Kier alpha value is -1.52. The van der Waals surface area contributed by atoms with Crippen molar-refractivity contribution in [1.29, 1.82) is 0 Å². The number of aliphatic hydroxyl groups is 1. The van der Waals surface area contributed by atoms with Gasteiger partial charge in [0, 0.05) is 13.3 Å². The zero-order chi connectivity index (χ0) is 32.9. The van der Waals surface area contributed by atoms with E-state index in [1.807, 2.05) is 0 Å². The summed E-state index contributed by atoms with van der Waals surface area (Å²) < 4.78 is 25.7. The van der Waals surface area contributed by atoms with Gasteiger partial charge in [-0.3, -0.25) is 18.6 Å². The number of hydrogen-bond acceptors (Lipinski definition) is 8. The van der Waals surface area contributed by atoms with Crippen LogP contribution < -0.4 is 5.32 Å². The Morgan fingerprint density at radius 1 is 0.659 bits per heavy atom. The summed E-state index contributed by atoms with van der Waals surface area (Å²) in [6, 6.07) is -1.53. The van der Waals surface area contributed by atoms with Gasteiger partial charge >= 0.3 is 19.8 Å². The van der Waals surface area contributed by atoms with Gasteiger partial charge < -0.3 is 25.2 Å². The number of carbonyl (C=O) groups is 3. The van der Waals surface area contributed by atoms with Crippen LogP contribution in [-0.2, 0) is 32.7 Å². The minimum Gasteiger partial charge on any atom is -0.480 e. The van der Waals surface area contributed by atoms with Gasteiger partial charge in [0.15, 0.2) is 6.04 Å². The van der Waals surface area contributed by atoms with Gasteiger partial charge in [-0.1, -0.05) is 135 Å². The first-order chi connectivity index (χ1) is 21.1. The molecule has 0 aromatic rings. The van der Waals surface area contributed by atoms with E-state index in [0.717, 1.165) is 26.2 Å². The third kappa shape index (κ3) is 29.2. The molecule has 0 aromatic carbocycles. The fraction of sp³-hybridized carbons (Fsp3) is 0.906. The third-order valence-electron chi connectivity index (χ3n) is 7.45. The van der Waals surface area contributed by atoms with Gasteiger partial charge in [0.25, 0.3) is 0 Å². The van der Waals surface area contributed by atoms with Crippen LogP contribution in [0.25, 0.3) is 0 Å². The molecule has 0 aliphatic rings. The number of rotatable bonds is 32. The van der Waals surface area contributed by atoms with Gasteiger partial charge in [0.1, 0.15) is 12.7 Å². The molecule has 0 aliphatic heterocycles. The van der Waals surface area contributed by atoms with E-state index in [1.54, 1.807) is 0 Å². The highest BCUT2D eigenvalue weighted by atomic mass is 31.2. The normalized spacial score (nSPS) is 14.1. The predicted octanol–water partition coefficient (Wildman–Crippen LogP) is 7.22. The van der Waals surface area contributed by atoms with Crippen molar-refractivity contribution in [3.63, 3.8) is 0 Å². The van der Waals surface area contributed by atoms with Gasteiger partial charge in [0.05, 0.1) is 13.2 Å². The Morgan fingerprint density at radius 2 is 1.05 bits per heavy atom. The van der Waals surface area contributed by atoms with Crippen LogP contribution in [0.4, 0.5) is 0 Å². The summed E-state index contributed by atoms with van der Waals surface area (Å²) in [4.78, 5) is 44.0. The van der Waals surface area contributed by atoms with Crippen molar-refractivity contribution in [2.24, 2.45) is 0 Å². The molecule has 0 aliphatic carbocycles. The van der Waals surface area contributed by atoms with Crippen LogP contribution in [0.2, 0.25) is 0 Å². The number of carboxylic acid groups (broad SMARTS) is 1. The van der Waals surface area contributed by atoms with E-state index in [4.69, 9.17) is 0 Å². The average Bonchev–Trinajstić information content (AvgIpc) is 2.97. The summed E-state index contributed by atoms with van der Waals surface area (Å²) in [6.07, 6.45) is 25.4. The second kappa shape index (κ2) is 28.9. The first-order valence-electron chi connectivity index (χ1n) is 17.0. The van der Waals surface area contributed by atoms with Crippen LogP contribution >= 0.6 is 7.82 Å². The minimum absolute atomic E-state index is 0.151. The van der Waals surface area contributed by atoms with Crippen LogP contribution in [-0.4, -0.2) is 64.9 Å². The molecule has 1 amide bonds. The quantitative estimate of drug-likeness (QED) is 0.0331. The van der Waals surface area contributed by atoms with E-state index in [-0.39, 0.29) is 6.42 Å². The highest BCUT2D eigenvalue weighted by molar-refractivity contribution is 7.47. The number of ether oxygens (including phenoxy) is 1. The molecule has 3 unspecified atom stereocenters. The van der Waals surface area contributed by atoms with Gasteiger partial charge in [0.2, 0.25) is 5.91 Å². The molecule has 0 saturated heterocycles. The number of phosphoric ester groups is 1. The number of nitrogens with one attached hydrogen (secondary N) is 1. The summed E-state index contributed by atoms with van der Waals surface area (Å²) in [5.41, 5.74) is 0. The molecule has 0 aromatic heterocycles. The van der Waals surface area contributed by atoms with Crippen LogP contribution in [0.1, 0.15) is 155 Å². The van der Waals surface area contributed by atoms with Crippen molar-refractivity contribution in [3.05, 3.63) is 0 Å². The Morgan fingerprint density at radius 3 is 1.43 bits per heavy atom. The zero-order valence-electron chi connectivity index (χ0n) is 27.5. The van der Waals surface area contributed by atoms with Crippen LogP contribution in [0.15, 0.2) is 0 Å². The topological polar surface area (TPSA) is 169 Å². The number of aliphatic hydroxyl groups excluding tert-OH is 1. The molecule has 0 bridgehead atoms. The standard InChI is InChI=1S/C32H62NO10P/c1-3-4-5-6-7-8-9-10-11-12-13-14-15-16-17-18-19-20-21-22-23-24-31(36)33-30(32(37)38)27-43-44(39,40)42-26-29(35)25-41-28(2)34/h29-30,35H,3-27H2,1-2H3,(H,33,36)(H,37,38)(H,39,40). The number of carboxylic acids is 1. The van der Waals surface area contributed by atoms with Gasteiger partial charge in [-0.2, -0.15) is 0 Å². The monoisotopic (exact) mass is 651 g/mol. The summed E-state index contributed by atoms with van der Waals surface area (Å²) in [5.74, 6) is -2.55. The molecule has 12 heteroatoms. The van der Waals surface area contributed by atoms with E-state index in [2.05, 4.69) is 26.0 Å². The van der Waals surface area contributed by atoms with E-state index in [9.17, 15) is 34.1 Å². The number of amides is 1. The molecule has 44 heavy (non-hydrogen) atoms. The fourth-order valence-corrected chi connectivity index (χ4v) is 5.58. The number of phosphoric acid groups is 1. The van der Waals surface area contributed by atoms with Crippen molar-refractivity contribution >= 4 is 25.7 Å². The number of carbonyl (C=O) groups excluding carboxylic acids is 2. The fourth-order valence-electron chi connectivity index (χ4n) is 4.81. The summed E-state index contributed by atoms with van der Waals surface area (Å²) in [5, 5.41) is 21.2. The first-order valence-corrected chi connectivity index (χ1v) is 18.5. The lowest BCUT2D eigenvalue weighted by Gasteiger charge is -2.18. The molecule has 0 heterocycles. The molecule has 0 saturated carbocycles. The van der Waals surface area contributed by atoms with Gasteiger partial charge in [-0.05, 0) is 6.42 Å². The highest BCUT2D eigenvalue weighted by Gasteiger charge is 2.28. The lowest BCUT2D eigenvalue weighted by atomic mass is 10.0. The maximum absolute atomic E-state index is 12.2. The van der Waals surface area contributed by atoms with Crippen LogP contribution in [0.5, 0.6) is 0 Å². The Kier molecular flexibility index (Phi) is 27.9. The summed E-state index contributed by atoms with van der Waals surface area (Å²) in [7, 11) is -4.71. The molecule has 0 spiro atoms. The molecular formula is C32H62NO10P. The summed E-state index contributed by atoms with van der Waals surface area (Å²) in [6.45, 7) is 1.49. The summed E-state index contributed by atoms with van der Waals surface area (Å²) >= 11 is 0. The number of unbranched alkanes of at least 4 members (excludes halogenated alkanes) is 20.